The van der Waals surface area contributed by atoms with E-state index in [0.717, 1.165) is 18.2 Å². The lowest BCUT2D eigenvalue weighted by Gasteiger charge is -2.34. The summed E-state index contributed by atoms with van der Waals surface area (Å²) in [6.45, 7) is 4.83. The monoisotopic (exact) mass is 288 g/mol. The molecular formula is C18H28N2O. The summed E-state index contributed by atoms with van der Waals surface area (Å²) >= 11 is 0. The highest BCUT2D eigenvalue weighted by Crippen LogP contribution is 2.29. The second-order valence-electron chi connectivity index (χ2n) is 6.52. The Balaban J connectivity index is 1.67. The van der Waals surface area contributed by atoms with Crippen LogP contribution in [0.15, 0.2) is 24.3 Å². The highest BCUT2D eigenvalue weighted by atomic mass is 16.5. The molecule has 0 spiro atoms. The molecule has 2 heterocycles. The first kappa shape index (κ1) is 14.9. The van der Waals surface area contributed by atoms with E-state index in [4.69, 9.17) is 4.74 Å². The fourth-order valence-electron chi connectivity index (χ4n) is 4.14. The summed E-state index contributed by atoms with van der Waals surface area (Å²) in [7, 11) is 1.77. The van der Waals surface area contributed by atoms with Gasteiger partial charge in [-0.1, -0.05) is 18.2 Å². The fraction of sp³-hybridized carbons (Fsp3) is 0.667. The minimum Gasteiger partial charge on any atom is -0.496 e. The molecule has 3 rings (SSSR count). The van der Waals surface area contributed by atoms with E-state index in [9.17, 15) is 0 Å². The maximum absolute atomic E-state index is 5.50. The van der Waals surface area contributed by atoms with Crippen LogP contribution in [-0.2, 0) is 6.42 Å². The van der Waals surface area contributed by atoms with Crippen molar-refractivity contribution in [3.63, 3.8) is 0 Å². The quantitative estimate of drug-likeness (QED) is 0.901. The maximum atomic E-state index is 5.50. The molecule has 2 aliphatic rings. The summed E-state index contributed by atoms with van der Waals surface area (Å²) in [6.07, 6.45) is 6.47. The number of likely N-dealkylation sites (tertiary alicyclic amines) is 1. The van der Waals surface area contributed by atoms with Crippen LogP contribution in [0.3, 0.4) is 0 Å². The molecule has 2 saturated heterocycles. The number of hydrogen-bond donors (Lipinski definition) is 1. The van der Waals surface area contributed by atoms with E-state index in [2.05, 4.69) is 35.3 Å². The van der Waals surface area contributed by atoms with Crippen molar-refractivity contribution in [2.75, 3.05) is 20.2 Å². The number of methoxy groups -OCH3 is 1. The number of rotatable bonds is 5. The first-order valence-electron chi connectivity index (χ1n) is 8.40. The summed E-state index contributed by atoms with van der Waals surface area (Å²) in [5.41, 5.74) is 1.33. The lowest BCUT2D eigenvalue weighted by Crippen LogP contribution is -2.48. The van der Waals surface area contributed by atoms with E-state index >= 15 is 0 Å². The third-order valence-corrected chi connectivity index (χ3v) is 5.18. The number of hydrogen-bond acceptors (Lipinski definition) is 3. The molecule has 3 heteroatoms. The molecule has 2 aliphatic heterocycles. The van der Waals surface area contributed by atoms with Gasteiger partial charge in [-0.15, -0.1) is 0 Å². The second-order valence-corrected chi connectivity index (χ2v) is 6.52. The first-order valence-corrected chi connectivity index (χ1v) is 8.40. The van der Waals surface area contributed by atoms with Gasteiger partial charge in [0.2, 0.25) is 0 Å². The zero-order valence-electron chi connectivity index (χ0n) is 13.3. The lowest BCUT2D eigenvalue weighted by atomic mass is 10.00. The molecule has 2 fully saturated rings. The largest absolute Gasteiger partial charge is 0.496 e. The van der Waals surface area contributed by atoms with Gasteiger partial charge in [-0.25, -0.2) is 0 Å². The molecule has 0 amide bonds. The summed E-state index contributed by atoms with van der Waals surface area (Å²) < 4.78 is 5.50. The van der Waals surface area contributed by atoms with Crippen molar-refractivity contribution in [1.29, 1.82) is 0 Å². The molecule has 1 N–H and O–H groups in total. The molecule has 116 valence electrons. The van der Waals surface area contributed by atoms with Crippen LogP contribution in [0.25, 0.3) is 0 Å². The third kappa shape index (κ3) is 3.24. The van der Waals surface area contributed by atoms with Crippen LogP contribution >= 0.6 is 0 Å². The standard InChI is InChI=1S/C18H28N2O/c1-14(13-15-7-3-4-10-18(15)21-2)20-12-6-9-17(20)16-8-5-11-19-16/h3-4,7,10,14,16-17,19H,5-6,8-9,11-13H2,1-2H3. The van der Waals surface area contributed by atoms with Crippen molar-refractivity contribution in [1.82, 2.24) is 10.2 Å². The predicted octanol–water partition coefficient (Wildman–Crippen LogP) is 2.84. The topological polar surface area (TPSA) is 24.5 Å². The van der Waals surface area contributed by atoms with Gasteiger partial charge in [0.25, 0.3) is 0 Å². The summed E-state index contributed by atoms with van der Waals surface area (Å²) in [4.78, 5) is 2.73. The average Bonchev–Trinajstić information content (AvgIpc) is 3.18. The van der Waals surface area contributed by atoms with Crippen LogP contribution in [0, 0.1) is 0 Å². The Morgan fingerprint density at radius 2 is 2.14 bits per heavy atom. The van der Waals surface area contributed by atoms with E-state index in [1.165, 1.54) is 44.3 Å². The van der Waals surface area contributed by atoms with Gasteiger partial charge in [0, 0.05) is 18.1 Å². The molecule has 1 aromatic carbocycles. The Morgan fingerprint density at radius 1 is 1.29 bits per heavy atom. The Morgan fingerprint density at radius 3 is 2.90 bits per heavy atom. The number of nitrogens with one attached hydrogen (secondary N) is 1. The van der Waals surface area contributed by atoms with E-state index in [-0.39, 0.29) is 0 Å². The lowest BCUT2D eigenvalue weighted by molar-refractivity contribution is 0.161. The first-order chi connectivity index (χ1) is 10.3. The Hall–Kier alpha value is -1.06. The van der Waals surface area contributed by atoms with Crippen LogP contribution in [0.4, 0.5) is 0 Å². The highest BCUT2D eigenvalue weighted by Gasteiger charge is 2.35. The van der Waals surface area contributed by atoms with Gasteiger partial charge in [0.05, 0.1) is 7.11 Å². The molecule has 3 unspecified atom stereocenters. The van der Waals surface area contributed by atoms with Gasteiger partial charge in [0.15, 0.2) is 0 Å². The predicted molar refractivity (Wildman–Crippen MR) is 86.9 cm³/mol. The van der Waals surface area contributed by atoms with Gasteiger partial charge in [-0.3, -0.25) is 4.90 Å². The normalized spacial score (nSPS) is 27.9. The number of ether oxygens (including phenoxy) is 1. The van der Waals surface area contributed by atoms with Gasteiger partial charge in [-0.05, 0) is 63.7 Å². The van der Waals surface area contributed by atoms with E-state index in [0.29, 0.717) is 12.1 Å². The molecule has 0 saturated carbocycles. The smallest absolute Gasteiger partial charge is 0.122 e. The minimum absolute atomic E-state index is 0.580. The van der Waals surface area contributed by atoms with Crippen molar-refractivity contribution in [3.8, 4) is 5.75 Å². The Kier molecular flexibility index (Phi) is 4.81. The molecular weight excluding hydrogens is 260 g/mol. The van der Waals surface area contributed by atoms with Crippen molar-refractivity contribution >= 4 is 0 Å². The highest BCUT2D eigenvalue weighted by molar-refractivity contribution is 5.33. The van der Waals surface area contributed by atoms with Crippen LogP contribution in [0.2, 0.25) is 0 Å². The van der Waals surface area contributed by atoms with Crippen molar-refractivity contribution in [3.05, 3.63) is 29.8 Å². The molecule has 0 aromatic heterocycles. The number of para-hydroxylation sites is 1. The van der Waals surface area contributed by atoms with Gasteiger partial charge in [0.1, 0.15) is 5.75 Å². The molecule has 3 atom stereocenters. The minimum atomic E-state index is 0.580. The van der Waals surface area contributed by atoms with E-state index in [1.54, 1.807) is 7.11 Å². The van der Waals surface area contributed by atoms with Crippen LogP contribution < -0.4 is 10.1 Å². The Labute approximate surface area is 128 Å². The SMILES string of the molecule is COc1ccccc1CC(C)N1CCCC1C1CCCN1. The molecule has 21 heavy (non-hydrogen) atoms. The average molecular weight is 288 g/mol. The Bertz CT molecular complexity index is 456. The van der Waals surface area contributed by atoms with Crippen LogP contribution in [-0.4, -0.2) is 43.2 Å². The zero-order valence-corrected chi connectivity index (χ0v) is 13.3. The number of benzene rings is 1. The van der Waals surface area contributed by atoms with E-state index in [1.807, 2.05) is 6.07 Å². The zero-order chi connectivity index (χ0) is 14.7. The summed E-state index contributed by atoms with van der Waals surface area (Å²) in [5, 5.41) is 3.70. The van der Waals surface area contributed by atoms with Gasteiger partial charge in [-0.2, -0.15) is 0 Å². The van der Waals surface area contributed by atoms with Crippen LogP contribution in [0.5, 0.6) is 5.75 Å². The molecule has 0 aliphatic carbocycles. The molecule has 1 aromatic rings. The van der Waals surface area contributed by atoms with Gasteiger partial charge < -0.3 is 10.1 Å². The summed E-state index contributed by atoms with van der Waals surface area (Å²) in [6, 6.07) is 10.5. The molecule has 0 radical (unpaired) electrons. The molecule has 3 nitrogen and oxygen atoms in total. The maximum Gasteiger partial charge on any atom is 0.122 e. The fourth-order valence-corrected chi connectivity index (χ4v) is 4.14. The summed E-state index contributed by atoms with van der Waals surface area (Å²) in [5.74, 6) is 1.03. The van der Waals surface area contributed by atoms with E-state index < -0.39 is 0 Å². The van der Waals surface area contributed by atoms with Crippen molar-refractivity contribution < 1.29 is 4.74 Å². The second kappa shape index (κ2) is 6.80. The van der Waals surface area contributed by atoms with Crippen LogP contribution in [0.1, 0.15) is 38.2 Å². The van der Waals surface area contributed by atoms with Gasteiger partial charge >= 0.3 is 0 Å². The number of nitrogens with zero attached hydrogens (tertiary/aromatic N) is 1. The van der Waals surface area contributed by atoms with Crippen molar-refractivity contribution in [2.45, 2.75) is 57.2 Å². The third-order valence-electron chi connectivity index (χ3n) is 5.18. The van der Waals surface area contributed by atoms with Crippen molar-refractivity contribution in [2.24, 2.45) is 0 Å². The molecule has 0 bridgehead atoms.